The monoisotopic (exact) mass is 363 g/mol. The predicted molar refractivity (Wildman–Crippen MR) is 81.2 cm³/mol. The number of nitrogens with two attached hydrogens (primary N) is 1. The fourth-order valence-corrected chi connectivity index (χ4v) is 1.82. The van der Waals surface area contributed by atoms with Gasteiger partial charge in [-0.05, 0) is 6.92 Å². The number of aryl methyl sites for hydroxylation is 1. The van der Waals surface area contributed by atoms with Gasteiger partial charge in [0, 0.05) is 23.7 Å². The van der Waals surface area contributed by atoms with E-state index in [9.17, 15) is 14.5 Å². The third-order valence-electron chi connectivity index (χ3n) is 2.84. The maximum atomic E-state index is 10.8. The number of rotatable bonds is 9. The molecule has 0 aliphatic heterocycles. The van der Waals surface area contributed by atoms with Crippen LogP contribution < -0.4 is 5.73 Å². The Morgan fingerprint density at radius 3 is 2.79 bits per heavy atom. The minimum absolute atomic E-state index is 0.0300. The van der Waals surface area contributed by atoms with E-state index in [1.807, 2.05) is 0 Å². The third kappa shape index (κ3) is 6.60. The number of oxime groups is 1. The number of carboxylic acid groups (broad SMARTS) is 1. The zero-order chi connectivity index (χ0) is 18.3. The Morgan fingerprint density at radius 1 is 1.54 bits per heavy atom. The molecule has 134 valence electrons. The average Bonchev–Trinajstić information content (AvgIpc) is 2.48. The van der Waals surface area contributed by atoms with E-state index in [0.29, 0.717) is 0 Å². The number of phosphoric ester groups is 1. The van der Waals surface area contributed by atoms with Crippen LogP contribution in [-0.2, 0) is 25.3 Å². The van der Waals surface area contributed by atoms with Crippen LogP contribution in [-0.4, -0.2) is 49.8 Å². The van der Waals surface area contributed by atoms with Gasteiger partial charge in [-0.25, -0.2) is 4.57 Å². The Hall–Kier alpha value is -2.04. The van der Waals surface area contributed by atoms with Crippen molar-refractivity contribution >= 4 is 20.0 Å². The molecule has 24 heavy (non-hydrogen) atoms. The summed E-state index contributed by atoms with van der Waals surface area (Å²) in [5, 5.41) is 22.1. The summed E-state index contributed by atoms with van der Waals surface area (Å²) in [5.41, 5.74) is 5.84. The first-order chi connectivity index (χ1) is 11.1. The second-order valence-electron chi connectivity index (χ2n) is 4.70. The Kier molecular flexibility index (Phi) is 7.26. The van der Waals surface area contributed by atoms with E-state index in [1.165, 1.54) is 13.1 Å². The average molecular weight is 363 g/mol. The molecule has 1 atom stereocenters. The normalized spacial score (nSPS) is 13.2. The molecule has 1 heterocycles. The Morgan fingerprint density at radius 2 is 2.21 bits per heavy atom. The molecular formula is C12H18N3O8P. The van der Waals surface area contributed by atoms with Gasteiger partial charge in [-0.3, -0.25) is 14.3 Å². The smallest absolute Gasteiger partial charge is 0.469 e. The van der Waals surface area contributed by atoms with Gasteiger partial charge in [-0.2, -0.15) is 0 Å². The highest BCUT2D eigenvalue weighted by atomic mass is 31.2. The fourth-order valence-electron chi connectivity index (χ4n) is 1.51. The summed E-state index contributed by atoms with van der Waals surface area (Å²) in [6.45, 7) is 0.951. The number of aliphatic carboxylic acids is 1. The number of nitrogens with zero attached hydrogens (tertiary/aromatic N) is 2. The van der Waals surface area contributed by atoms with Crippen LogP contribution in [0.25, 0.3) is 0 Å². The molecule has 0 saturated carbocycles. The van der Waals surface area contributed by atoms with Crippen LogP contribution in [0.5, 0.6) is 5.75 Å². The standard InChI is InChI=1S/C12H18N3O8P/c1-7-11(16)9(5-15-22-3-2-10(13)12(17)18)8(4-14-7)6-23-24(19,20)21/h4-5,10,16H,2-3,6,13H2,1H3,(H,17,18)(H2,19,20,21)/b15-5+. The molecule has 0 aliphatic carbocycles. The van der Waals surface area contributed by atoms with Crippen LogP contribution in [0, 0.1) is 6.92 Å². The highest BCUT2D eigenvalue weighted by molar-refractivity contribution is 7.46. The summed E-state index contributed by atoms with van der Waals surface area (Å²) in [6, 6.07) is -1.08. The topological polar surface area (TPSA) is 185 Å². The maximum absolute atomic E-state index is 10.8. The van der Waals surface area contributed by atoms with Crippen LogP contribution >= 0.6 is 7.82 Å². The van der Waals surface area contributed by atoms with Crippen LogP contribution in [0.1, 0.15) is 23.2 Å². The quantitative estimate of drug-likeness (QED) is 0.171. The van der Waals surface area contributed by atoms with Gasteiger partial charge < -0.3 is 30.6 Å². The minimum Gasteiger partial charge on any atom is -0.505 e. The van der Waals surface area contributed by atoms with Crippen molar-refractivity contribution in [3.8, 4) is 5.75 Å². The van der Waals surface area contributed by atoms with E-state index in [2.05, 4.69) is 14.7 Å². The summed E-state index contributed by atoms with van der Waals surface area (Å²) in [7, 11) is -4.69. The van der Waals surface area contributed by atoms with Crippen molar-refractivity contribution in [3.63, 3.8) is 0 Å². The highest BCUT2D eigenvalue weighted by Crippen LogP contribution is 2.37. The van der Waals surface area contributed by atoms with Crippen molar-refractivity contribution in [2.24, 2.45) is 10.9 Å². The molecule has 6 N–H and O–H groups in total. The molecule has 0 aromatic carbocycles. The summed E-state index contributed by atoms with van der Waals surface area (Å²) >= 11 is 0. The number of aromatic hydroxyl groups is 1. The summed E-state index contributed by atoms with van der Waals surface area (Å²) in [6.07, 6.45) is 2.41. The van der Waals surface area contributed by atoms with Gasteiger partial charge in [0.25, 0.3) is 0 Å². The van der Waals surface area contributed by atoms with Crippen molar-refractivity contribution in [2.45, 2.75) is 26.0 Å². The Labute approximate surface area is 137 Å². The van der Waals surface area contributed by atoms with E-state index in [0.717, 1.165) is 6.21 Å². The SMILES string of the molecule is Cc1ncc(COP(=O)(O)O)c(/C=N/OCCC(N)C(=O)O)c1O. The molecule has 1 aromatic heterocycles. The van der Waals surface area contributed by atoms with Crippen LogP contribution in [0.4, 0.5) is 0 Å². The van der Waals surface area contributed by atoms with Gasteiger partial charge >= 0.3 is 13.8 Å². The largest absolute Gasteiger partial charge is 0.505 e. The summed E-state index contributed by atoms with van der Waals surface area (Å²) in [4.78, 5) is 36.7. The molecular weight excluding hydrogens is 345 g/mol. The molecule has 12 heteroatoms. The van der Waals surface area contributed by atoms with E-state index in [4.69, 9.17) is 25.5 Å². The van der Waals surface area contributed by atoms with Crippen LogP contribution in [0.2, 0.25) is 0 Å². The van der Waals surface area contributed by atoms with Crippen molar-refractivity contribution < 1.29 is 38.7 Å². The highest BCUT2D eigenvalue weighted by Gasteiger charge is 2.17. The fraction of sp³-hybridized carbons (Fsp3) is 0.417. The molecule has 11 nitrogen and oxygen atoms in total. The number of hydrogen-bond acceptors (Lipinski definition) is 8. The number of carboxylic acids is 1. The van der Waals surface area contributed by atoms with Gasteiger partial charge in [0.05, 0.1) is 18.5 Å². The lowest BCUT2D eigenvalue weighted by molar-refractivity contribution is -0.139. The van der Waals surface area contributed by atoms with Gasteiger partial charge in [-0.15, -0.1) is 0 Å². The van der Waals surface area contributed by atoms with Gasteiger partial charge in [0.2, 0.25) is 0 Å². The van der Waals surface area contributed by atoms with Crippen molar-refractivity contribution in [1.82, 2.24) is 4.98 Å². The molecule has 0 fully saturated rings. The van der Waals surface area contributed by atoms with Gasteiger partial charge in [0.15, 0.2) is 0 Å². The molecule has 1 rings (SSSR count). The first-order valence-corrected chi connectivity index (χ1v) is 8.16. The second kappa shape index (κ2) is 8.71. The molecule has 0 aliphatic rings. The van der Waals surface area contributed by atoms with E-state index in [-0.39, 0.29) is 35.6 Å². The molecule has 0 spiro atoms. The number of pyridine rings is 1. The van der Waals surface area contributed by atoms with Gasteiger partial charge in [-0.1, -0.05) is 5.16 Å². The summed E-state index contributed by atoms with van der Waals surface area (Å²) in [5.74, 6) is -1.42. The third-order valence-corrected chi connectivity index (χ3v) is 3.31. The first-order valence-electron chi connectivity index (χ1n) is 6.63. The van der Waals surface area contributed by atoms with E-state index >= 15 is 0 Å². The van der Waals surface area contributed by atoms with Gasteiger partial charge in [0.1, 0.15) is 18.4 Å². The lowest BCUT2D eigenvalue weighted by Crippen LogP contribution is -2.31. The van der Waals surface area contributed by atoms with Crippen LogP contribution in [0.3, 0.4) is 0 Å². The lowest BCUT2D eigenvalue weighted by Gasteiger charge is -2.10. The number of hydrogen-bond donors (Lipinski definition) is 5. The van der Waals surface area contributed by atoms with Crippen molar-refractivity contribution in [1.29, 1.82) is 0 Å². The maximum Gasteiger partial charge on any atom is 0.469 e. The Balaban J connectivity index is 2.77. The number of aromatic nitrogens is 1. The number of carbonyl (C=O) groups is 1. The second-order valence-corrected chi connectivity index (χ2v) is 5.94. The zero-order valence-corrected chi connectivity index (χ0v) is 13.6. The Bertz CT molecular complexity index is 660. The molecule has 1 unspecified atom stereocenters. The number of phosphoric acid groups is 1. The van der Waals surface area contributed by atoms with E-state index < -0.39 is 26.4 Å². The molecule has 0 bridgehead atoms. The van der Waals surface area contributed by atoms with Crippen LogP contribution in [0.15, 0.2) is 11.4 Å². The predicted octanol–water partition coefficient (Wildman–Crippen LogP) is -0.143. The van der Waals surface area contributed by atoms with E-state index in [1.54, 1.807) is 0 Å². The van der Waals surface area contributed by atoms with Crippen molar-refractivity contribution in [3.05, 3.63) is 23.0 Å². The molecule has 0 radical (unpaired) electrons. The zero-order valence-electron chi connectivity index (χ0n) is 12.7. The molecule has 0 amide bonds. The molecule has 1 aromatic rings. The minimum atomic E-state index is -4.69. The lowest BCUT2D eigenvalue weighted by atomic mass is 10.1. The molecule has 0 saturated heterocycles. The first kappa shape index (κ1) is 20.0. The van der Waals surface area contributed by atoms with Crippen molar-refractivity contribution in [2.75, 3.05) is 6.61 Å². The summed E-state index contributed by atoms with van der Waals surface area (Å²) < 4.78 is 15.1.